The van der Waals surface area contributed by atoms with Gasteiger partial charge in [-0.25, -0.2) is 23.1 Å². The van der Waals surface area contributed by atoms with Crippen molar-refractivity contribution in [3.63, 3.8) is 0 Å². The van der Waals surface area contributed by atoms with Crippen LogP contribution in [0.2, 0.25) is 0 Å². The summed E-state index contributed by atoms with van der Waals surface area (Å²) >= 11 is 6.64. The fourth-order valence-corrected chi connectivity index (χ4v) is 4.31. The zero-order valence-electron chi connectivity index (χ0n) is 16.6. The van der Waals surface area contributed by atoms with Crippen molar-refractivity contribution in [1.82, 2.24) is 15.3 Å². The smallest absolute Gasteiger partial charge is 0.264 e. The first-order chi connectivity index (χ1) is 14.7. The number of hydrogen-bond donors (Lipinski definition) is 3. The Bertz CT molecular complexity index is 1200. The zero-order chi connectivity index (χ0) is 22.4. The van der Waals surface area contributed by atoms with E-state index in [1.54, 1.807) is 26.0 Å². The summed E-state index contributed by atoms with van der Waals surface area (Å²) in [6, 6.07) is 11.4. The minimum atomic E-state index is -3.85. The van der Waals surface area contributed by atoms with E-state index in [-0.39, 0.29) is 21.9 Å². The number of sulfonamides is 1. The molecular formula is C20H19N5O3S3. The van der Waals surface area contributed by atoms with Crippen LogP contribution in [-0.4, -0.2) is 29.4 Å². The van der Waals surface area contributed by atoms with E-state index in [9.17, 15) is 13.2 Å². The molecule has 1 aromatic carbocycles. The van der Waals surface area contributed by atoms with Crippen molar-refractivity contribution in [1.29, 1.82) is 0 Å². The molecule has 0 atom stereocenters. The highest BCUT2D eigenvalue weighted by Gasteiger charge is 2.16. The van der Waals surface area contributed by atoms with E-state index in [0.717, 1.165) is 4.88 Å². The number of thiocarbonyl (C=S) groups is 1. The van der Waals surface area contributed by atoms with Crippen LogP contribution in [0.1, 0.15) is 16.3 Å². The third kappa shape index (κ3) is 6.67. The molecule has 0 aliphatic carbocycles. The lowest BCUT2D eigenvalue weighted by atomic mass is 10.3. The van der Waals surface area contributed by atoms with Crippen LogP contribution in [0.5, 0.6) is 0 Å². The number of aryl methyl sites for hydroxylation is 2. The van der Waals surface area contributed by atoms with Crippen molar-refractivity contribution in [2.45, 2.75) is 18.7 Å². The van der Waals surface area contributed by atoms with Crippen LogP contribution in [0.3, 0.4) is 0 Å². The van der Waals surface area contributed by atoms with Gasteiger partial charge < -0.3 is 5.32 Å². The largest absolute Gasteiger partial charge is 0.332 e. The molecule has 0 saturated carbocycles. The second-order valence-corrected chi connectivity index (χ2v) is 9.47. The number of thiophene rings is 1. The number of nitrogens with zero attached hydrogens (tertiary/aromatic N) is 2. The average molecular weight is 474 g/mol. The summed E-state index contributed by atoms with van der Waals surface area (Å²) < 4.78 is 27.5. The van der Waals surface area contributed by atoms with Gasteiger partial charge in [-0.15, -0.1) is 11.3 Å². The Kier molecular flexibility index (Phi) is 7.10. The van der Waals surface area contributed by atoms with Gasteiger partial charge in [0.1, 0.15) is 0 Å². The predicted octanol–water partition coefficient (Wildman–Crippen LogP) is 3.48. The molecule has 0 fully saturated rings. The Morgan fingerprint density at radius 3 is 2.39 bits per heavy atom. The van der Waals surface area contributed by atoms with Crippen LogP contribution in [0.25, 0.3) is 6.08 Å². The number of carbonyl (C=O) groups excluding carboxylic acids is 1. The molecule has 3 N–H and O–H groups in total. The summed E-state index contributed by atoms with van der Waals surface area (Å²) in [6.45, 7) is 3.51. The number of nitrogens with one attached hydrogen (secondary N) is 3. The minimum absolute atomic E-state index is 0.0131. The number of amides is 1. The van der Waals surface area contributed by atoms with E-state index in [2.05, 4.69) is 25.3 Å². The molecule has 31 heavy (non-hydrogen) atoms. The standard InChI is InChI=1S/C20H19N5O3S3/c1-13-12-14(2)22-19(21-13)25-31(27,28)17-8-5-15(6-9-17)23-20(29)24-18(26)10-7-16-4-3-11-30-16/h3-12H,1-2H3,(H,21,22,25)(H2,23,24,26,29). The molecule has 3 rings (SSSR count). The fraction of sp³-hybridized carbons (Fsp3) is 0.100. The number of anilines is 2. The van der Waals surface area contributed by atoms with Gasteiger partial charge in [0.15, 0.2) is 5.11 Å². The first-order valence-corrected chi connectivity index (χ1v) is 11.8. The maximum absolute atomic E-state index is 12.6. The third-order valence-electron chi connectivity index (χ3n) is 3.81. The Morgan fingerprint density at radius 2 is 1.77 bits per heavy atom. The number of rotatable bonds is 6. The van der Waals surface area contributed by atoms with Crippen molar-refractivity contribution in [3.05, 3.63) is 70.2 Å². The Morgan fingerprint density at radius 1 is 1.10 bits per heavy atom. The lowest BCUT2D eigenvalue weighted by Gasteiger charge is -2.10. The lowest BCUT2D eigenvalue weighted by molar-refractivity contribution is -0.115. The highest BCUT2D eigenvalue weighted by Crippen LogP contribution is 2.17. The highest BCUT2D eigenvalue weighted by molar-refractivity contribution is 7.92. The van der Waals surface area contributed by atoms with Crippen molar-refractivity contribution in [2.75, 3.05) is 10.0 Å². The van der Waals surface area contributed by atoms with E-state index >= 15 is 0 Å². The first kappa shape index (κ1) is 22.5. The second-order valence-electron chi connectivity index (χ2n) is 6.40. The summed E-state index contributed by atoms with van der Waals surface area (Å²) in [5.41, 5.74) is 1.84. The predicted molar refractivity (Wildman–Crippen MR) is 126 cm³/mol. The molecule has 0 spiro atoms. The van der Waals surface area contributed by atoms with Gasteiger partial charge in [0.2, 0.25) is 11.9 Å². The maximum atomic E-state index is 12.6. The average Bonchev–Trinajstić information content (AvgIpc) is 3.19. The van der Waals surface area contributed by atoms with Gasteiger partial charge in [0, 0.05) is 28.0 Å². The van der Waals surface area contributed by atoms with Gasteiger partial charge in [0.25, 0.3) is 10.0 Å². The monoisotopic (exact) mass is 473 g/mol. The summed E-state index contributed by atoms with van der Waals surface area (Å²) in [5.74, 6) is -0.359. The van der Waals surface area contributed by atoms with Crippen molar-refractivity contribution >= 4 is 62.3 Å². The van der Waals surface area contributed by atoms with Gasteiger partial charge in [0.05, 0.1) is 4.90 Å². The molecule has 0 unspecified atom stereocenters. The van der Waals surface area contributed by atoms with E-state index < -0.39 is 10.0 Å². The maximum Gasteiger partial charge on any atom is 0.264 e. The van der Waals surface area contributed by atoms with Crippen molar-refractivity contribution < 1.29 is 13.2 Å². The molecule has 2 aromatic heterocycles. The molecule has 0 bridgehead atoms. The number of benzene rings is 1. The molecule has 0 saturated heterocycles. The number of carbonyl (C=O) groups is 1. The van der Waals surface area contributed by atoms with Crippen LogP contribution < -0.4 is 15.4 Å². The van der Waals surface area contributed by atoms with Gasteiger partial charge in [-0.1, -0.05) is 6.07 Å². The van der Waals surface area contributed by atoms with Crippen LogP contribution in [0, 0.1) is 13.8 Å². The molecule has 0 radical (unpaired) electrons. The molecule has 0 aliphatic rings. The van der Waals surface area contributed by atoms with Crippen molar-refractivity contribution in [2.24, 2.45) is 0 Å². The summed E-state index contributed by atoms with van der Waals surface area (Å²) in [4.78, 5) is 21.1. The molecular weight excluding hydrogens is 454 g/mol. The molecule has 0 aliphatic heterocycles. The summed E-state index contributed by atoms with van der Waals surface area (Å²) in [7, 11) is -3.85. The van der Waals surface area contributed by atoms with Crippen LogP contribution in [0.4, 0.5) is 11.6 Å². The second kappa shape index (κ2) is 9.77. The Labute approximate surface area is 189 Å². The van der Waals surface area contributed by atoms with Crippen LogP contribution in [0.15, 0.2) is 58.8 Å². The zero-order valence-corrected chi connectivity index (χ0v) is 19.1. The summed E-state index contributed by atoms with van der Waals surface area (Å²) in [5, 5.41) is 7.38. The number of hydrogen-bond acceptors (Lipinski definition) is 7. The topological polar surface area (TPSA) is 113 Å². The highest BCUT2D eigenvalue weighted by atomic mass is 32.2. The van der Waals surface area contributed by atoms with E-state index in [1.807, 2.05) is 17.5 Å². The Hall–Kier alpha value is -3.15. The van der Waals surface area contributed by atoms with Gasteiger partial charge >= 0.3 is 0 Å². The van der Waals surface area contributed by atoms with Crippen molar-refractivity contribution in [3.8, 4) is 0 Å². The fourth-order valence-electron chi connectivity index (χ4n) is 2.53. The van der Waals surface area contributed by atoms with E-state index in [4.69, 9.17) is 12.2 Å². The molecule has 160 valence electrons. The molecule has 8 nitrogen and oxygen atoms in total. The normalized spacial score (nSPS) is 11.3. The van der Waals surface area contributed by atoms with E-state index in [1.165, 1.54) is 41.7 Å². The molecule has 11 heteroatoms. The molecule has 1 amide bonds. The quantitative estimate of drug-likeness (QED) is 0.371. The molecule has 2 heterocycles. The van der Waals surface area contributed by atoms with E-state index in [0.29, 0.717) is 17.1 Å². The van der Waals surface area contributed by atoms with Crippen LogP contribution in [-0.2, 0) is 14.8 Å². The van der Waals surface area contributed by atoms with Gasteiger partial charge in [-0.05, 0) is 73.9 Å². The third-order valence-corrected chi connectivity index (χ3v) is 6.20. The van der Waals surface area contributed by atoms with Gasteiger partial charge in [-0.2, -0.15) is 0 Å². The lowest BCUT2D eigenvalue weighted by Crippen LogP contribution is -2.32. The minimum Gasteiger partial charge on any atom is -0.332 e. The SMILES string of the molecule is Cc1cc(C)nc(NS(=O)(=O)c2ccc(NC(=S)NC(=O)C=Cc3cccs3)cc2)n1. The Balaban J connectivity index is 1.60. The molecule has 3 aromatic rings. The van der Waals surface area contributed by atoms with Gasteiger partial charge in [-0.3, -0.25) is 10.1 Å². The summed E-state index contributed by atoms with van der Waals surface area (Å²) in [6.07, 6.45) is 3.07. The first-order valence-electron chi connectivity index (χ1n) is 9.00. The van der Waals surface area contributed by atoms with Crippen LogP contribution >= 0.6 is 23.6 Å². The number of aromatic nitrogens is 2.